The molecule has 3 heterocycles. The van der Waals surface area contributed by atoms with Gasteiger partial charge in [-0.15, -0.1) is 0 Å². The largest absolute Gasteiger partial charge is 0.356 e. The maximum Gasteiger partial charge on any atom is 0.227 e. The number of aromatic nitrogens is 3. The number of nitrogens with zero attached hydrogens (tertiary/aromatic N) is 4. The number of nitrogens with one attached hydrogen (secondary N) is 1. The molecule has 1 unspecified atom stereocenters. The van der Waals surface area contributed by atoms with Crippen LogP contribution in [0.3, 0.4) is 0 Å². The molecule has 0 amide bonds. The summed E-state index contributed by atoms with van der Waals surface area (Å²) in [4.78, 5) is 13.3. The number of anilines is 1. The van der Waals surface area contributed by atoms with Gasteiger partial charge in [-0.1, -0.05) is 23.7 Å². The van der Waals surface area contributed by atoms with E-state index in [-0.39, 0.29) is 22.2 Å². The number of benzene rings is 2. The molecule has 1 atom stereocenters. The van der Waals surface area contributed by atoms with E-state index in [1.807, 2.05) is 6.07 Å². The van der Waals surface area contributed by atoms with Crippen LogP contribution < -0.4 is 4.90 Å². The Kier molecular flexibility index (Phi) is 4.56. The minimum Gasteiger partial charge on any atom is -0.356 e. The average Bonchev–Trinajstić information content (AvgIpc) is 3.13. The zero-order chi connectivity index (χ0) is 21.7. The van der Waals surface area contributed by atoms with Crippen LogP contribution in [0.5, 0.6) is 0 Å². The van der Waals surface area contributed by atoms with Crippen LogP contribution in [0.1, 0.15) is 28.6 Å². The molecule has 9 heteroatoms. The van der Waals surface area contributed by atoms with E-state index >= 15 is 0 Å². The predicted octanol–water partition coefficient (Wildman–Crippen LogP) is 5.05. The van der Waals surface area contributed by atoms with Gasteiger partial charge in [-0.05, 0) is 36.2 Å². The molecule has 0 bridgehead atoms. The van der Waals surface area contributed by atoms with Crippen molar-refractivity contribution in [2.75, 3.05) is 11.4 Å². The summed E-state index contributed by atoms with van der Waals surface area (Å²) in [5.74, 6) is -2.35. The van der Waals surface area contributed by atoms with E-state index in [2.05, 4.69) is 15.0 Å². The molecule has 0 radical (unpaired) electrons. The number of aromatic amines is 1. The highest BCUT2D eigenvalue weighted by molar-refractivity contribution is 6.31. The Hall–Kier alpha value is -3.57. The third kappa shape index (κ3) is 3.09. The second-order valence-electron chi connectivity index (χ2n) is 7.17. The van der Waals surface area contributed by atoms with E-state index < -0.39 is 23.5 Å². The minimum atomic E-state index is -0.996. The monoisotopic (exact) mass is 439 g/mol. The van der Waals surface area contributed by atoms with Crippen LogP contribution >= 0.6 is 11.6 Å². The van der Waals surface area contributed by atoms with Crippen molar-refractivity contribution in [3.05, 3.63) is 87.6 Å². The molecule has 5 rings (SSSR count). The summed E-state index contributed by atoms with van der Waals surface area (Å²) < 4.78 is 43.1. The maximum absolute atomic E-state index is 14.9. The van der Waals surface area contributed by atoms with E-state index in [9.17, 15) is 18.4 Å². The highest BCUT2D eigenvalue weighted by atomic mass is 35.5. The van der Waals surface area contributed by atoms with Gasteiger partial charge >= 0.3 is 0 Å². The Morgan fingerprint density at radius 2 is 2.00 bits per heavy atom. The van der Waals surface area contributed by atoms with Crippen LogP contribution in [0, 0.1) is 28.8 Å². The van der Waals surface area contributed by atoms with Gasteiger partial charge in [-0.2, -0.15) is 5.26 Å². The van der Waals surface area contributed by atoms with Gasteiger partial charge in [-0.25, -0.2) is 23.1 Å². The summed E-state index contributed by atoms with van der Waals surface area (Å²) >= 11 is 5.98. The van der Waals surface area contributed by atoms with Gasteiger partial charge in [0.1, 0.15) is 23.6 Å². The minimum absolute atomic E-state index is 0.0183. The molecule has 0 saturated heterocycles. The number of nitriles is 1. The van der Waals surface area contributed by atoms with Crippen LogP contribution in [0.15, 0.2) is 42.6 Å². The van der Waals surface area contributed by atoms with Crippen LogP contribution in [-0.2, 0) is 6.42 Å². The SMILES string of the molecule is N#Cc1ccnc(N2CCc3c([nH]c4cc(F)c(Cl)cc34)C2c2cccc(F)c2F)n1. The van der Waals surface area contributed by atoms with Crippen LogP contribution in [0.4, 0.5) is 19.1 Å². The van der Waals surface area contributed by atoms with E-state index in [1.165, 1.54) is 36.5 Å². The maximum atomic E-state index is 14.9. The lowest BCUT2D eigenvalue weighted by atomic mass is 9.92. The highest BCUT2D eigenvalue weighted by Crippen LogP contribution is 2.41. The summed E-state index contributed by atoms with van der Waals surface area (Å²) in [5.41, 5.74) is 2.13. The number of fused-ring (bicyclic) bond motifs is 3. The molecule has 0 aliphatic carbocycles. The Morgan fingerprint density at radius 1 is 1.16 bits per heavy atom. The van der Waals surface area contributed by atoms with Crippen molar-refractivity contribution in [3.8, 4) is 6.07 Å². The molecule has 1 aliphatic heterocycles. The molecule has 0 saturated carbocycles. The third-order valence-electron chi connectivity index (χ3n) is 5.46. The summed E-state index contributed by atoms with van der Waals surface area (Å²) in [5, 5.41) is 9.91. The number of hydrogen-bond acceptors (Lipinski definition) is 4. The quantitative estimate of drug-likeness (QED) is 0.474. The van der Waals surface area contributed by atoms with Crippen molar-refractivity contribution < 1.29 is 13.2 Å². The fraction of sp³-hybridized carbons (Fsp3) is 0.136. The zero-order valence-electron chi connectivity index (χ0n) is 15.8. The first-order chi connectivity index (χ1) is 15.0. The van der Waals surface area contributed by atoms with Crippen LogP contribution in [0.2, 0.25) is 5.02 Å². The van der Waals surface area contributed by atoms with Gasteiger partial charge in [0.05, 0.1) is 5.02 Å². The Balaban J connectivity index is 1.77. The summed E-state index contributed by atoms with van der Waals surface area (Å²) in [6, 6.07) is 9.37. The topological polar surface area (TPSA) is 68.6 Å². The van der Waals surface area contributed by atoms with Gasteiger partial charge in [-0.3, -0.25) is 0 Å². The molecule has 2 aromatic heterocycles. The van der Waals surface area contributed by atoms with Crippen molar-refractivity contribution in [2.45, 2.75) is 12.5 Å². The molecule has 0 spiro atoms. The van der Waals surface area contributed by atoms with Crippen molar-refractivity contribution in [1.29, 1.82) is 5.26 Å². The van der Waals surface area contributed by atoms with E-state index in [4.69, 9.17) is 11.6 Å². The standard InChI is InChI=1S/C22H13ClF3N5/c23-15-8-14-12-5-7-31(22-28-6-4-11(10-27)29-22)21(13-2-1-3-16(24)19(13)26)20(12)30-18(14)9-17(15)25/h1-4,6,8-9,21,30H,5,7H2. The lowest BCUT2D eigenvalue weighted by Crippen LogP contribution is -2.38. The Bertz CT molecular complexity index is 1380. The first kappa shape index (κ1) is 19.4. The molecule has 1 N–H and O–H groups in total. The zero-order valence-corrected chi connectivity index (χ0v) is 16.6. The number of hydrogen-bond donors (Lipinski definition) is 1. The molecular weight excluding hydrogens is 427 g/mol. The lowest BCUT2D eigenvalue weighted by Gasteiger charge is -2.36. The van der Waals surface area contributed by atoms with Gasteiger partial charge in [0.15, 0.2) is 11.6 Å². The van der Waals surface area contributed by atoms with Gasteiger partial charge in [0, 0.05) is 34.9 Å². The van der Waals surface area contributed by atoms with E-state index in [0.717, 1.165) is 17.0 Å². The second-order valence-corrected chi connectivity index (χ2v) is 7.58. The highest BCUT2D eigenvalue weighted by Gasteiger charge is 2.35. The molecule has 2 aromatic carbocycles. The second kappa shape index (κ2) is 7.29. The summed E-state index contributed by atoms with van der Waals surface area (Å²) in [7, 11) is 0. The van der Waals surface area contributed by atoms with Crippen LogP contribution in [0.25, 0.3) is 10.9 Å². The number of halogens is 4. The molecule has 31 heavy (non-hydrogen) atoms. The van der Waals surface area contributed by atoms with Gasteiger partial charge < -0.3 is 9.88 Å². The van der Waals surface area contributed by atoms with Crippen molar-refractivity contribution in [3.63, 3.8) is 0 Å². The fourth-order valence-corrected chi connectivity index (χ4v) is 4.27. The molecule has 0 fully saturated rings. The van der Waals surface area contributed by atoms with E-state index in [1.54, 1.807) is 4.90 Å². The first-order valence-electron chi connectivity index (χ1n) is 9.41. The average molecular weight is 440 g/mol. The van der Waals surface area contributed by atoms with Crippen LogP contribution in [-0.4, -0.2) is 21.5 Å². The predicted molar refractivity (Wildman–Crippen MR) is 109 cm³/mol. The molecular formula is C22H13ClF3N5. The third-order valence-corrected chi connectivity index (χ3v) is 5.75. The normalized spacial score (nSPS) is 15.7. The summed E-state index contributed by atoms with van der Waals surface area (Å²) in [6.45, 7) is 0.366. The molecule has 154 valence electrons. The van der Waals surface area contributed by atoms with Gasteiger partial charge in [0.25, 0.3) is 0 Å². The molecule has 1 aliphatic rings. The van der Waals surface area contributed by atoms with Crippen molar-refractivity contribution in [2.24, 2.45) is 0 Å². The molecule has 4 aromatic rings. The first-order valence-corrected chi connectivity index (χ1v) is 9.79. The smallest absolute Gasteiger partial charge is 0.227 e. The fourth-order valence-electron chi connectivity index (χ4n) is 4.11. The number of rotatable bonds is 2. The summed E-state index contributed by atoms with van der Waals surface area (Å²) in [6.07, 6.45) is 1.95. The number of H-pyrrole nitrogens is 1. The lowest BCUT2D eigenvalue weighted by molar-refractivity contribution is 0.485. The Morgan fingerprint density at radius 3 is 2.81 bits per heavy atom. The Labute approximate surface area is 179 Å². The molecule has 5 nitrogen and oxygen atoms in total. The van der Waals surface area contributed by atoms with Crippen molar-refractivity contribution in [1.82, 2.24) is 15.0 Å². The van der Waals surface area contributed by atoms with E-state index in [0.29, 0.717) is 24.2 Å². The van der Waals surface area contributed by atoms with Gasteiger partial charge in [0.2, 0.25) is 5.95 Å². The van der Waals surface area contributed by atoms with Crippen molar-refractivity contribution >= 4 is 28.5 Å².